The molecule has 1 N–H and O–H groups in total. The number of hydrogen-bond donors (Lipinski definition) is 1. The maximum Gasteiger partial charge on any atom is 0.141 e. The third-order valence-corrected chi connectivity index (χ3v) is 5.61. The van der Waals surface area contributed by atoms with Gasteiger partial charge >= 0.3 is 0 Å². The van der Waals surface area contributed by atoms with Crippen LogP contribution in [0.1, 0.15) is 33.6 Å². The second-order valence-electron chi connectivity index (χ2n) is 2.80. The highest BCUT2D eigenvalue weighted by molar-refractivity contribution is 7.70. The Morgan fingerprint density at radius 3 is 1.90 bits per heavy atom. The summed E-state index contributed by atoms with van der Waals surface area (Å²) in [6.45, 7) is 6.38. The van der Waals surface area contributed by atoms with Crippen molar-refractivity contribution in [2.45, 2.75) is 33.6 Å². The third kappa shape index (κ3) is 3.53. The van der Waals surface area contributed by atoms with E-state index >= 15 is 0 Å². The normalized spacial score (nSPS) is 12.0. The molecule has 0 atom stereocenters. The lowest BCUT2D eigenvalue weighted by atomic mass is 10.4. The van der Waals surface area contributed by atoms with Crippen molar-refractivity contribution in [1.82, 2.24) is 0 Å². The first kappa shape index (κ1) is 10.4. The van der Waals surface area contributed by atoms with Crippen LogP contribution < -0.4 is 0 Å². The third-order valence-electron chi connectivity index (χ3n) is 2.11. The Bertz CT molecular complexity index is 79.3. The molecule has 1 nitrogen and oxygen atoms in total. The first-order valence-electron chi connectivity index (χ1n) is 4.27. The van der Waals surface area contributed by atoms with Gasteiger partial charge in [-0.25, -0.2) is 0 Å². The van der Waals surface area contributed by atoms with E-state index in [9.17, 15) is 4.89 Å². The molecule has 0 radical (unpaired) electrons. The molecule has 0 saturated carbocycles. The van der Waals surface area contributed by atoms with Gasteiger partial charge in [0, 0.05) is 0 Å². The minimum atomic E-state index is -1.45. The molecule has 0 saturated heterocycles. The second kappa shape index (κ2) is 5.09. The first-order valence-corrected chi connectivity index (χ1v) is 6.57. The standard InChI is InChI=1S/C8H20OP/c1-4-7-8-10(9,5-2)6-3/h9H,4-8H2,1-3H3/q+1. The van der Waals surface area contributed by atoms with Crippen molar-refractivity contribution in [1.29, 1.82) is 0 Å². The molecule has 0 heterocycles. The van der Waals surface area contributed by atoms with Crippen LogP contribution in [0.2, 0.25) is 0 Å². The summed E-state index contributed by atoms with van der Waals surface area (Å²) in [5.74, 6) is 0. The first-order chi connectivity index (χ1) is 4.68. The highest BCUT2D eigenvalue weighted by Gasteiger charge is 2.29. The van der Waals surface area contributed by atoms with E-state index in [1.165, 1.54) is 12.8 Å². The van der Waals surface area contributed by atoms with Crippen LogP contribution in [0.3, 0.4) is 0 Å². The Morgan fingerprint density at radius 2 is 1.60 bits per heavy atom. The van der Waals surface area contributed by atoms with E-state index in [1.54, 1.807) is 0 Å². The number of hydrogen-bond acceptors (Lipinski definition) is 1. The smallest absolute Gasteiger partial charge is 0.141 e. The average Bonchev–Trinajstić information content (AvgIpc) is 2.00. The Kier molecular flexibility index (Phi) is 5.29. The average molecular weight is 163 g/mol. The van der Waals surface area contributed by atoms with Gasteiger partial charge in [0.1, 0.15) is 7.49 Å². The van der Waals surface area contributed by atoms with Gasteiger partial charge < -0.3 is 0 Å². The van der Waals surface area contributed by atoms with Crippen LogP contribution in [0, 0.1) is 0 Å². The van der Waals surface area contributed by atoms with Crippen molar-refractivity contribution in [3.63, 3.8) is 0 Å². The Morgan fingerprint density at radius 1 is 1.10 bits per heavy atom. The molecule has 0 aliphatic heterocycles. The molecule has 10 heavy (non-hydrogen) atoms. The van der Waals surface area contributed by atoms with Gasteiger partial charge in [0.25, 0.3) is 0 Å². The highest BCUT2D eigenvalue weighted by Crippen LogP contribution is 2.54. The van der Waals surface area contributed by atoms with Gasteiger partial charge in [-0.3, -0.25) is 4.89 Å². The van der Waals surface area contributed by atoms with Crippen LogP contribution in [0.5, 0.6) is 0 Å². The van der Waals surface area contributed by atoms with Crippen molar-refractivity contribution >= 4 is 7.49 Å². The molecule has 0 rings (SSSR count). The maximum atomic E-state index is 9.87. The van der Waals surface area contributed by atoms with Gasteiger partial charge in [-0.1, -0.05) is 13.3 Å². The molecular formula is C8H20OP+. The quantitative estimate of drug-likeness (QED) is 0.618. The fourth-order valence-electron chi connectivity index (χ4n) is 0.992. The van der Waals surface area contributed by atoms with Crippen molar-refractivity contribution in [3.05, 3.63) is 0 Å². The summed E-state index contributed by atoms with van der Waals surface area (Å²) in [5.41, 5.74) is 0. The summed E-state index contributed by atoms with van der Waals surface area (Å²) in [5, 5.41) is 0. The van der Waals surface area contributed by atoms with Gasteiger partial charge in [-0.15, -0.1) is 0 Å². The van der Waals surface area contributed by atoms with E-state index in [1.807, 2.05) is 0 Å². The molecule has 0 aliphatic carbocycles. The summed E-state index contributed by atoms with van der Waals surface area (Å²) in [6, 6.07) is 0. The summed E-state index contributed by atoms with van der Waals surface area (Å²) >= 11 is 0. The predicted molar refractivity (Wildman–Crippen MR) is 50.0 cm³/mol. The Labute approximate surface area is 65.3 Å². The minimum Gasteiger partial charge on any atom is -0.252 e. The molecule has 0 aliphatic rings. The maximum absolute atomic E-state index is 9.87. The lowest BCUT2D eigenvalue weighted by Gasteiger charge is -2.15. The topological polar surface area (TPSA) is 20.2 Å². The van der Waals surface area contributed by atoms with Crippen LogP contribution in [0.15, 0.2) is 0 Å². The van der Waals surface area contributed by atoms with Gasteiger partial charge in [-0.2, -0.15) is 0 Å². The molecule has 0 fully saturated rings. The molecule has 2 heteroatoms. The highest BCUT2D eigenvalue weighted by atomic mass is 31.2. The molecule has 0 aromatic rings. The number of unbranched alkanes of at least 4 members (excludes halogenated alkanes) is 1. The van der Waals surface area contributed by atoms with Crippen LogP contribution in [-0.4, -0.2) is 23.4 Å². The van der Waals surface area contributed by atoms with E-state index in [4.69, 9.17) is 0 Å². The van der Waals surface area contributed by atoms with E-state index < -0.39 is 7.49 Å². The SMILES string of the molecule is CCCC[P+](O)(CC)CC. The molecule has 62 valence electrons. The van der Waals surface area contributed by atoms with Crippen molar-refractivity contribution in [3.8, 4) is 0 Å². The predicted octanol–water partition coefficient (Wildman–Crippen LogP) is 2.75. The summed E-state index contributed by atoms with van der Waals surface area (Å²) in [6.07, 6.45) is 5.50. The fraction of sp³-hybridized carbons (Fsp3) is 1.00. The number of rotatable bonds is 5. The zero-order chi connectivity index (χ0) is 8.04. The second-order valence-corrected chi connectivity index (χ2v) is 6.71. The van der Waals surface area contributed by atoms with Crippen molar-refractivity contribution < 1.29 is 4.89 Å². The molecule has 0 bridgehead atoms. The van der Waals surface area contributed by atoms with Crippen LogP contribution in [0.4, 0.5) is 0 Å². The van der Waals surface area contributed by atoms with E-state index in [0.717, 1.165) is 18.5 Å². The lowest BCUT2D eigenvalue weighted by Crippen LogP contribution is -2.02. The largest absolute Gasteiger partial charge is 0.252 e. The van der Waals surface area contributed by atoms with Crippen LogP contribution in [-0.2, 0) is 0 Å². The molecule has 0 aromatic heterocycles. The van der Waals surface area contributed by atoms with E-state index in [-0.39, 0.29) is 0 Å². The zero-order valence-corrected chi connectivity index (χ0v) is 8.32. The Hall–Kier alpha value is 0.390. The molecule has 0 spiro atoms. The van der Waals surface area contributed by atoms with Gasteiger partial charge in [-0.05, 0) is 20.3 Å². The minimum absolute atomic E-state index is 1.00. The van der Waals surface area contributed by atoms with Gasteiger partial charge in [0.2, 0.25) is 0 Å². The Balaban J connectivity index is 3.58. The molecule has 0 unspecified atom stereocenters. The van der Waals surface area contributed by atoms with Gasteiger partial charge in [0.05, 0.1) is 18.5 Å². The summed E-state index contributed by atoms with van der Waals surface area (Å²) < 4.78 is 0. The van der Waals surface area contributed by atoms with E-state index in [0.29, 0.717) is 0 Å². The summed E-state index contributed by atoms with van der Waals surface area (Å²) in [4.78, 5) is 9.87. The summed E-state index contributed by atoms with van der Waals surface area (Å²) in [7, 11) is -1.45. The van der Waals surface area contributed by atoms with Gasteiger partial charge in [0.15, 0.2) is 0 Å². The monoisotopic (exact) mass is 163 g/mol. The van der Waals surface area contributed by atoms with Crippen LogP contribution >= 0.6 is 7.49 Å². The van der Waals surface area contributed by atoms with Crippen LogP contribution in [0.25, 0.3) is 0 Å². The van der Waals surface area contributed by atoms with Crippen molar-refractivity contribution in [2.75, 3.05) is 18.5 Å². The van der Waals surface area contributed by atoms with E-state index in [2.05, 4.69) is 20.8 Å². The zero-order valence-electron chi connectivity index (χ0n) is 7.43. The van der Waals surface area contributed by atoms with Crippen molar-refractivity contribution in [2.24, 2.45) is 0 Å². The lowest BCUT2D eigenvalue weighted by molar-refractivity contribution is 0.594. The molecule has 0 amide bonds. The fourth-order valence-corrected chi connectivity index (χ4v) is 2.98. The molecular weight excluding hydrogens is 143 g/mol. The molecule has 0 aromatic carbocycles.